The normalized spacial score (nSPS) is 12.6. The first-order valence-electron chi connectivity index (χ1n) is 6.09. The standard InChI is InChI=1S/C12H19N5O3/c1-7(11(18)16-12(2,3)4)14-10-6-8(17(19)20)5-9(13)15-10/h5-7H,1-4H3,(H,16,18)(H3,13,14,15). The summed E-state index contributed by atoms with van der Waals surface area (Å²) in [6, 6.07) is 1.80. The van der Waals surface area contributed by atoms with Gasteiger partial charge in [0.15, 0.2) is 0 Å². The molecule has 1 unspecified atom stereocenters. The zero-order chi connectivity index (χ0) is 15.5. The number of carbonyl (C=O) groups is 1. The van der Waals surface area contributed by atoms with Crippen LogP contribution in [0.1, 0.15) is 27.7 Å². The summed E-state index contributed by atoms with van der Waals surface area (Å²) < 4.78 is 0. The Labute approximate surface area is 116 Å². The Balaban J connectivity index is 2.83. The Morgan fingerprint density at radius 3 is 2.55 bits per heavy atom. The molecule has 1 aromatic rings. The third kappa shape index (κ3) is 4.71. The Morgan fingerprint density at radius 2 is 2.05 bits per heavy atom. The number of carbonyl (C=O) groups excluding carboxylic acids is 1. The van der Waals surface area contributed by atoms with Gasteiger partial charge in [0.25, 0.3) is 5.69 Å². The SMILES string of the molecule is CC(Nc1cc([N+](=O)[O-])cc(N)n1)C(=O)NC(C)(C)C. The second-order valence-electron chi connectivity index (χ2n) is 5.50. The van der Waals surface area contributed by atoms with Gasteiger partial charge in [0.05, 0.1) is 17.1 Å². The van der Waals surface area contributed by atoms with E-state index >= 15 is 0 Å². The molecule has 0 saturated carbocycles. The van der Waals surface area contributed by atoms with Crippen LogP contribution < -0.4 is 16.4 Å². The number of anilines is 2. The lowest BCUT2D eigenvalue weighted by Gasteiger charge is -2.23. The zero-order valence-corrected chi connectivity index (χ0v) is 11.9. The molecule has 0 saturated heterocycles. The van der Waals surface area contributed by atoms with Crippen LogP contribution in [0.5, 0.6) is 0 Å². The molecule has 0 bridgehead atoms. The van der Waals surface area contributed by atoms with Gasteiger partial charge in [-0.1, -0.05) is 0 Å². The van der Waals surface area contributed by atoms with Crippen LogP contribution in [-0.2, 0) is 4.79 Å². The largest absolute Gasteiger partial charge is 0.383 e. The molecule has 1 rings (SSSR count). The molecule has 0 radical (unpaired) electrons. The lowest BCUT2D eigenvalue weighted by molar-refractivity contribution is -0.384. The van der Waals surface area contributed by atoms with Gasteiger partial charge < -0.3 is 16.4 Å². The van der Waals surface area contributed by atoms with E-state index in [1.165, 1.54) is 6.07 Å². The highest BCUT2D eigenvalue weighted by atomic mass is 16.6. The topological polar surface area (TPSA) is 123 Å². The second-order valence-corrected chi connectivity index (χ2v) is 5.50. The molecule has 8 heteroatoms. The van der Waals surface area contributed by atoms with Crippen LogP contribution in [0.2, 0.25) is 0 Å². The minimum atomic E-state index is -0.594. The van der Waals surface area contributed by atoms with E-state index in [9.17, 15) is 14.9 Å². The first-order chi connectivity index (χ1) is 9.08. The van der Waals surface area contributed by atoms with Gasteiger partial charge in [-0.2, -0.15) is 0 Å². The van der Waals surface area contributed by atoms with Crippen LogP contribution in [0.25, 0.3) is 0 Å². The minimum Gasteiger partial charge on any atom is -0.383 e. The fourth-order valence-corrected chi connectivity index (χ4v) is 1.48. The highest BCUT2D eigenvalue weighted by molar-refractivity contribution is 5.84. The Hall–Kier alpha value is -2.38. The minimum absolute atomic E-state index is 0.0186. The van der Waals surface area contributed by atoms with Crippen molar-refractivity contribution in [2.24, 2.45) is 0 Å². The van der Waals surface area contributed by atoms with E-state index in [-0.39, 0.29) is 28.8 Å². The number of amides is 1. The summed E-state index contributed by atoms with van der Waals surface area (Å²) >= 11 is 0. The lowest BCUT2D eigenvalue weighted by atomic mass is 10.1. The number of nitrogen functional groups attached to an aromatic ring is 1. The second kappa shape index (κ2) is 5.72. The molecule has 8 nitrogen and oxygen atoms in total. The fourth-order valence-electron chi connectivity index (χ4n) is 1.48. The number of aromatic nitrogens is 1. The molecule has 0 aliphatic carbocycles. The van der Waals surface area contributed by atoms with E-state index in [1.807, 2.05) is 20.8 Å². The molecule has 0 spiro atoms. The Bertz CT molecular complexity index is 524. The van der Waals surface area contributed by atoms with Crippen LogP contribution >= 0.6 is 0 Å². The molecule has 1 heterocycles. The first kappa shape index (κ1) is 15.7. The molecule has 1 aromatic heterocycles. The number of nitrogens with two attached hydrogens (primary N) is 1. The molecule has 110 valence electrons. The number of nitro groups is 1. The van der Waals surface area contributed by atoms with Crippen molar-refractivity contribution >= 4 is 23.2 Å². The van der Waals surface area contributed by atoms with Crippen LogP contribution in [0.3, 0.4) is 0 Å². The maximum atomic E-state index is 11.9. The van der Waals surface area contributed by atoms with Crippen LogP contribution in [0, 0.1) is 10.1 Å². The van der Waals surface area contributed by atoms with E-state index in [0.717, 1.165) is 6.07 Å². The van der Waals surface area contributed by atoms with Crippen molar-refractivity contribution in [2.45, 2.75) is 39.3 Å². The molecule has 1 amide bonds. The number of nitrogens with one attached hydrogen (secondary N) is 2. The van der Waals surface area contributed by atoms with E-state index in [2.05, 4.69) is 15.6 Å². The number of hydrogen-bond donors (Lipinski definition) is 3. The summed E-state index contributed by atoms with van der Waals surface area (Å²) in [7, 11) is 0. The van der Waals surface area contributed by atoms with E-state index in [4.69, 9.17) is 5.73 Å². The molecular formula is C12H19N5O3. The van der Waals surface area contributed by atoms with Crippen LogP contribution in [0.15, 0.2) is 12.1 Å². The summed E-state index contributed by atoms with van der Waals surface area (Å²) in [6.45, 7) is 7.22. The van der Waals surface area contributed by atoms with Gasteiger partial charge in [0, 0.05) is 5.54 Å². The first-order valence-corrected chi connectivity index (χ1v) is 6.09. The van der Waals surface area contributed by atoms with Crippen LogP contribution in [0.4, 0.5) is 17.3 Å². The summed E-state index contributed by atoms with van der Waals surface area (Å²) in [5, 5.41) is 16.3. The molecule has 20 heavy (non-hydrogen) atoms. The Morgan fingerprint density at radius 1 is 1.45 bits per heavy atom. The van der Waals surface area contributed by atoms with Gasteiger partial charge in [-0.3, -0.25) is 14.9 Å². The molecule has 0 aromatic carbocycles. The average Bonchev–Trinajstić information content (AvgIpc) is 2.25. The highest BCUT2D eigenvalue weighted by Gasteiger charge is 2.20. The average molecular weight is 281 g/mol. The quantitative estimate of drug-likeness (QED) is 0.564. The van der Waals surface area contributed by atoms with Gasteiger partial charge in [-0.25, -0.2) is 4.98 Å². The Kier molecular flexibility index (Phi) is 4.49. The molecule has 1 atom stereocenters. The number of rotatable bonds is 4. The number of hydrogen-bond acceptors (Lipinski definition) is 6. The summed E-state index contributed by atoms with van der Waals surface area (Å²) in [6.07, 6.45) is 0. The van der Waals surface area contributed by atoms with Crippen molar-refractivity contribution in [3.63, 3.8) is 0 Å². The molecule has 4 N–H and O–H groups in total. The van der Waals surface area contributed by atoms with Gasteiger partial charge in [0.1, 0.15) is 17.7 Å². The molecular weight excluding hydrogens is 262 g/mol. The summed E-state index contributed by atoms with van der Waals surface area (Å²) in [5.74, 6) is -0.0252. The van der Waals surface area contributed by atoms with E-state index in [1.54, 1.807) is 6.92 Å². The fraction of sp³-hybridized carbons (Fsp3) is 0.500. The maximum Gasteiger partial charge on any atom is 0.276 e. The third-order valence-corrected chi connectivity index (χ3v) is 2.30. The maximum absolute atomic E-state index is 11.9. The number of nitrogens with zero attached hydrogens (tertiary/aromatic N) is 2. The third-order valence-electron chi connectivity index (χ3n) is 2.30. The summed E-state index contributed by atoms with van der Waals surface area (Å²) in [5.41, 5.74) is 4.96. The smallest absolute Gasteiger partial charge is 0.276 e. The van der Waals surface area contributed by atoms with Gasteiger partial charge >= 0.3 is 0 Å². The monoisotopic (exact) mass is 281 g/mol. The molecule has 0 aliphatic rings. The van der Waals surface area contributed by atoms with E-state index in [0.29, 0.717) is 0 Å². The van der Waals surface area contributed by atoms with Gasteiger partial charge in [-0.15, -0.1) is 0 Å². The lowest BCUT2D eigenvalue weighted by Crippen LogP contribution is -2.47. The summed E-state index contributed by atoms with van der Waals surface area (Å²) in [4.78, 5) is 26.0. The molecule has 0 aliphatic heterocycles. The van der Waals surface area contributed by atoms with Crippen LogP contribution in [-0.4, -0.2) is 27.4 Å². The zero-order valence-electron chi connectivity index (χ0n) is 11.9. The van der Waals surface area contributed by atoms with Gasteiger partial charge in [0.2, 0.25) is 5.91 Å². The predicted molar refractivity (Wildman–Crippen MR) is 76.3 cm³/mol. The van der Waals surface area contributed by atoms with Crippen molar-refractivity contribution in [1.29, 1.82) is 0 Å². The van der Waals surface area contributed by atoms with Crippen molar-refractivity contribution in [2.75, 3.05) is 11.1 Å². The van der Waals surface area contributed by atoms with Crippen molar-refractivity contribution in [1.82, 2.24) is 10.3 Å². The van der Waals surface area contributed by atoms with Gasteiger partial charge in [-0.05, 0) is 27.7 Å². The van der Waals surface area contributed by atoms with Crippen molar-refractivity contribution in [3.8, 4) is 0 Å². The van der Waals surface area contributed by atoms with Crippen molar-refractivity contribution < 1.29 is 9.72 Å². The number of pyridine rings is 1. The molecule has 0 fully saturated rings. The predicted octanol–water partition coefficient (Wildman–Crippen LogP) is 1.29. The highest BCUT2D eigenvalue weighted by Crippen LogP contribution is 2.19. The van der Waals surface area contributed by atoms with E-state index < -0.39 is 11.0 Å². The van der Waals surface area contributed by atoms with Crippen molar-refractivity contribution in [3.05, 3.63) is 22.2 Å².